The van der Waals surface area contributed by atoms with Crippen LogP contribution in [0, 0.1) is 0 Å². The molecule has 1 atom stereocenters. The second kappa shape index (κ2) is 4.83. The molecule has 0 rings (SSSR count). The molecular weight excluding hydrogens is 115 g/mol. The molecule has 54 valence electrons. The zero-order valence-corrected chi connectivity index (χ0v) is 6.68. The van der Waals surface area contributed by atoms with E-state index in [1.54, 1.807) is 14.2 Å². The average molecular weight is 130 g/mol. The zero-order valence-electron chi connectivity index (χ0n) is 6.68. The molecule has 3 heteroatoms. The van der Waals surface area contributed by atoms with Gasteiger partial charge in [-0.2, -0.15) is 0 Å². The first-order valence-electron chi connectivity index (χ1n) is 3.31. The zero-order chi connectivity index (χ0) is 7.28. The molecule has 0 amide bonds. The summed E-state index contributed by atoms with van der Waals surface area (Å²) in [6, 6.07) is 0. The van der Waals surface area contributed by atoms with Crippen LogP contribution in [0.5, 0.6) is 0 Å². The van der Waals surface area contributed by atoms with E-state index in [9.17, 15) is 0 Å². The molecule has 0 saturated heterocycles. The van der Waals surface area contributed by atoms with Gasteiger partial charge in [-0.05, 0) is 5.82 Å². The van der Waals surface area contributed by atoms with Crippen LogP contribution >= 0.6 is 0 Å². The molecule has 2 nitrogen and oxygen atoms in total. The first kappa shape index (κ1) is 8.98. The lowest BCUT2D eigenvalue weighted by Gasteiger charge is -2.13. The summed E-state index contributed by atoms with van der Waals surface area (Å²) in [5.41, 5.74) is 0. The summed E-state index contributed by atoms with van der Waals surface area (Å²) in [5, 5.41) is 0. The van der Waals surface area contributed by atoms with Crippen molar-refractivity contribution in [3.63, 3.8) is 0 Å². The third kappa shape index (κ3) is 2.87. The van der Waals surface area contributed by atoms with Crippen molar-refractivity contribution in [1.82, 2.24) is 0 Å². The van der Waals surface area contributed by atoms with Gasteiger partial charge in [0.1, 0.15) is 0 Å². The molecule has 0 aromatic rings. The maximum atomic E-state index is 5.03. The van der Waals surface area contributed by atoms with Crippen molar-refractivity contribution in [2.75, 3.05) is 14.2 Å². The fraction of sp³-hybridized carbons (Fsp3) is 1.00. The van der Waals surface area contributed by atoms with Crippen LogP contribution in [0.2, 0.25) is 5.82 Å². The lowest BCUT2D eigenvalue weighted by Crippen LogP contribution is -2.23. The first-order valence-corrected chi connectivity index (χ1v) is 3.31. The van der Waals surface area contributed by atoms with Crippen LogP contribution in [0.1, 0.15) is 20.3 Å². The molecule has 0 aromatic carbocycles. The topological polar surface area (TPSA) is 18.5 Å². The van der Waals surface area contributed by atoms with Crippen molar-refractivity contribution in [1.29, 1.82) is 0 Å². The van der Waals surface area contributed by atoms with E-state index in [1.807, 2.05) is 0 Å². The summed E-state index contributed by atoms with van der Waals surface area (Å²) in [7, 11) is 3.30. The van der Waals surface area contributed by atoms with Gasteiger partial charge in [-0.3, -0.25) is 0 Å². The van der Waals surface area contributed by atoms with Gasteiger partial charge >= 0.3 is 7.12 Å². The molecule has 0 fully saturated rings. The minimum Gasteiger partial charge on any atom is -0.414 e. The van der Waals surface area contributed by atoms with Crippen molar-refractivity contribution in [2.24, 2.45) is 0 Å². The van der Waals surface area contributed by atoms with Crippen LogP contribution in [-0.2, 0) is 9.31 Å². The Balaban J connectivity index is 3.50. The van der Waals surface area contributed by atoms with Gasteiger partial charge < -0.3 is 9.31 Å². The smallest absolute Gasteiger partial charge is 0.414 e. The lowest BCUT2D eigenvalue weighted by atomic mass is 9.72. The van der Waals surface area contributed by atoms with Gasteiger partial charge in [0.15, 0.2) is 0 Å². The van der Waals surface area contributed by atoms with Gasteiger partial charge in [0.2, 0.25) is 0 Å². The van der Waals surface area contributed by atoms with Crippen molar-refractivity contribution < 1.29 is 9.31 Å². The summed E-state index contributed by atoms with van der Waals surface area (Å²) in [5.74, 6) is 0.486. The van der Waals surface area contributed by atoms with E-state index in [-0.39, 0.29) is 7.12 Å². The summed E-state index contributed by atoms with van der Waals surface area (Å²) < 4.78 is 10.1. The van der Waals surface area contributed by atoms with Gasteiger partial charge in [0, 0.05) is 14.2 Å². The van der Waals surface area contributed by atoms with E-state index in [0.717, 1.165) is 6.42 Å². The van der Waals surface area contributed by atoms with Crippen LogP contribution in [0.15, 0.2) is 0 Å². The molecule has 0 aliphatic carbocycles. The van der Waals surface area contributed by atoms with E-state index >= 15 is 0 Å². The molecule has 0 saturated carbocycles. The van der Waals surface area contributed by atoms with E-state index in [1.165, 1.54) is 0 Å². The highest BCUT2D eigenvalue weighted by Crippen LogP contribution is 2.13. The Kier molecular flexibility index (Phi) is 4.82. The van der Waals surface area contributed by atoms with Crippen LogP contribution < -0.4 is 0 Å². The quantitative estimate of drug-likeness (QED) is 0.537. The lowest BCUT2D eigenvalue weighted by molar-refractivity contribution is 0.266. The standard InChI is InChI=1S/C6H15BO2/c1-5-6(2)7(8-3)9-4/h6H,5H2,1-4H3. The summed E-state index contributed by atoms with van der Waals surface area (Å²) in [6.45, 7) is 4.23. The van der Waals surface area contributed by atoms with Crippen LogP contribution in [0.25, 0.3) is 0 Å². The van der Waals surface area contributed by atoms with E-state index in [0.29, 0.717) is 5.82 Å². The molecule has 0 heterocycles. The van der Waals surface area contributed by atoms with E-state index in [2.05, 4.69) is 13.8 Å². The Morgan fingerprint density at radius 3 is 1.89 bits per heavy atom. The number of rotatable bonds is 4. The van der Waals surface area contributed by atoms with Crippen LogP contribution in [0.3, 0.4) is 0 Å². The second-order valence-corrected chi connectivity index (χ2v) is 2.23. The highest BCUT2D eigenvalue weighted by atomic mass is 16.6. The monoisotopic (exact) mass is 130 g/mol. The Hall–Kier alpha value is -0.0151. The van der Waals surface area contributed by atoms with Crippen LogP contribution in [-0.4, -0.2) is 21.3 Å². The summed E-state index contributed by atoms with van der Waals surface area (Å²) in [6.07, 6.45) is 1.09. The van der Waals surface area contributed by atoms with Gasteiger partial charge in [0.25, 0.3) is 0 Å². The molecule has 0 spiro atoms. The largest absolute Gasteiger partial charge is 0.459 e. The molecule has 0 N–H and O–H groups in total. The van der Waals surface area contributed by atoms with Gasteiger partial charge in [-0.15, -0.1) is 0 Å². The Labute approximate surface area is 57.7 Å². The van der Waals surface area contributed by atoms with E-state index < -0.39 is 0 Å². The Morgan fingerprint density at radius 1 is 1.33 bits per heavy atom. The minimum atomic E-state index is -0.0324. The summed E-state index contributed by atoms with van der Waals surface area (Å²) >= 11 is 0. The number of hydrogen-bond donors (Lipinski definition) is 0. The van der Waals surface area contributed by atoms with Crippen molar-refractivity contribution in [3.8, 4) is 0 Å². The Morgan fingerprint density at radius 2 is 1.78 bits per heavy atom. The first-order chi connectivity index (χ1) is 4.26. The minimum absolute atomic E-state index is 0.0324. The predicted octanol–water partition coefficient (Wildman–Crippen LogP) is 1.57. The van der Waals surface area contributed by atoms with E-state index in [4.69, 9.17) is 9.31 Å². The molecule has 0 bridgehead atoms. The maximum absolute atomic E-state index is 5.03. The highest BCUT2D eigenvalue weighted by molar-refractivity contribution is 6.46. The molecule has 1 unspecified atom stereocenters. The molecule has 0 aliphatic heterocycles. The number of hydrogen-bond acceptors (Lipinski definition) is 2. The normalized spacial score (nSPS) is 13.3. The molecule has 9 heavy (non-hydrogen) atoms. The molecule has 0 aliphatic rings. The molecular formula is C6H15BO2. The Bertz CT molecular complexity index is 64.1. The SMILES string of the molecule is CCC(C)B(OC)OC. The van der Waals surface area contributed by atoms with Gasteiger partial charge in [-0.25, -0.2) is 0 Å². The third-order valence-corrected chi connectivity index (χ3v) is 1.57. The second-order valence-electron chi connectivity index (χ2n) is 2.23. The van der Waals surface area contributed by atoms with Gasteiger partial charge in [-0.1, -0.05) is 20.3 Å². The molecule has 0 radical (unpaired) electrons. The fourth-order valence-electron chi connectivity index (χ4n) is 0.753. The fourth-order valence-corrected chi connectivity index (χ4v) is 0.753. The van der Waals surface area contributed by atoms with Gasteiger partial charge in [0.05, 0.1) is 0 Å². The van der Waals surface area contributed by atoms with Crippen molar-refractivity contribution >= 4 is 7.12 Å². The average Bonchev–Trinajstić information content (AvgIpc) is 1.90. The molecule has 0 aromatic heterocycles. The maximum Gasteiger partial charge on any atom is 0.459 e. The van der Waals surface area contributed by atoms with Crippen molar-refractivity contribution in [2.45, 2.75) is 26.1 Å². The summed E-state index contributed by atoms with van der Waals surface area (Å²) in [4.78, 5) is 0. The highest BCUT2D eigenvalue weighted by Gasteiger charge is 2.21. The van der Waals surface area contributed by atoms with Crippen LogP contribution in [0.4, 0.5) is 0 Å². The predicted molar refractivity (Wildman–Crippen MR) is 39.5 cm³/mol. The van der Waals surface area contributed by atoms with Crippen molar-refractivity contribution in [3.05, 3.63) is 0 Å². The third-order valence-electron chi connectivity index (χ3n) is 1.57.